The van der Waals surface area contributed by atoms with Crippen molar-refractivity contribution in [3.05, 3.63) is 28.8 Å². The van der Waals surface area contributed by atoms with Crippen LogP contribution in [0.4, 0.5) is 0 Å². The van der Waals surface area contributed by atoms with E-state index in [1.807, 2.05) is 7.05 Å². The van der Waals surface area contributed by atoms with Gasteiger partial charge in [0.25, 0.3) is 0 Å². The van der Waals surface area contributed by atoms with Gasteiger partial charge in [-0.3, -0.25) is 0 Å². The van der Waals surface area contributed by atoms with Crippen LogP contribution in [-0.4, -0.2) is 14.2 Å². The van der Waals surface area contributed by atoms with Crippen LogP contribution < -0.4 is 10.1 Å². The highest BCUT2D eigenvalue weighted by Crippen LogP contribution is 2.51. The van der Waals surface area contributed by atoms with Crippen molar-refractivity contribution in [1.29, 1.82) is 5.26 Å². The number of nitrogens with one attached hydrogen (secondary N) is 1. The van der Waals surface area contributed by atoms with Gasteiger partial charge in [0, 0.05) is 5.56 Å². The average Bonchev–Trinajstić information content (AvgIpc) is 2.36. The van der Waals surface area contributed by atoms with Crippen LogP contribution >= 0.6 is 0 Å². The van der Waals surface area contributed by atoms with Crippen LogP contribution in [0.15, 0.2) is 12.1 Å². The van der Waals surface area contributed by atoms with Gasteiger partial charge in [-0.05, 0) is 50.9 Å². The molecule has 0 bridgehead atoms. The monoisotopic (exact) mass is 258 g/mol. The van der Waals surface area contributed by atoms with Crippen LogP contribution in [0.25, 0.3) is 0 Å². The molecule has 1 aromatic rings. The van der Waals surface area contributed by atoms with E-state index in [9.17, 15) is 5.26 Å². The molecule has 1 unspecified atom stereocenters. The van der Waals surface area contributed by atoms with E-state index in [4.69, 9.17) is 4.74 Å². The minimum absolute atomic E-state index is 0.0421. The van der Waals surface area contributed by atoms with E-state index < -0.39 is 0 Å². The van der Waals surface area contributed by atoms with Gasteiger partial charge in [0.2, 0.25) is 0 Å². The molecule has 1 saturated carbocycles. The normalized spacial score (nSPS) is 18.3. The minimum Gasteiger partial charge on any atom is -0.496 e. The maximum Gasteiger partial charge on any atom is 0.123 e. The molecule has 19 heavy (non-hydrogen) atoms. The molecule has 0 amide bonds. The number of nitriles is 1. The molecule has 0 aliphatic heterocycles. The van der Waals surface area contributed by atoms with Crippen LogP contribution in [0.3, 0.4) is 0 Å². The lowest BCUT2D eigenvalue weighted by Gasteiger charge is -2.42. The summed E-state index contributed by atoms with van der Waals surface area (Å²) in [5.41, 5.74) is 3.29. The maximum atomic E-state index is 9.56. The zero-order valence-corrected chi connectivity index (χ0v) is 12.2. The lowest BCUT2D eigenvalue weighted by Crippen LogP contribution is -2.41. The van der Waals surface area contributed by atoms with Crippen molar-refractivity contribution in [2.75, 3.05) is 14.2 Å². The molecule has 3 heteroatoms. The lowest BCUT2D eigenvalue weighted by atomic mass is 9.63. The van der Waals surface area contributed by atoms with Crippen LogP contribution in [0.1, 0.15) is 42.0 Å². The predicted molar refractivity (Wildman–Crippen MR) is 76.2 cm³/mol. The highest BCUT2D eigenvalue weighted by molar-refractivity contribution is 5.45. The molecule has 0 saturated heterocycles. The summed E-state index contributed by atoms with van der Waals surface area (Å²) in [6, 6.07) is 6.80. The van der Waals surface area contributed by atoms with Crippen molar-refractivity contribution in [2.24, 2.45) is 5.41 Å². The number of hydrogen-bond acceptors (Lipinski definition) is 3. The number of benzene rings is 1. The molecular weight excluding hydrogens is 236 g/mol. The number of ether oxygens (including phenoxy) is 1. The van der Waals surface area contributed by atoms with Gasteiger partial charge in [0.05, 0.1) is 24.6 Å². The summed E-state index contributed by atoms with van der Waals surface area (Å²) in [6.07, 6.45) is 3.06. The van der Waals surface area contributed by atoms with E-state index in [0.717, 1.165) is 30.6 Å². The molecule has 0 heterocycles. The molecule has 1 aliphatic carbocycles. The van der Waals surface area contributed by atoms with Gasteiger partial charge < -0.3 is 10.1 Å². The fourth-order valence-electron chi connectivity index (χ4n) is 2.97. The first kappa shape index (κ1) is 13.9. The van der Waals surface area contributed by atoms with Crippen molar-refractivity contribution in [2.45, 2.75) is 39.2 Å². The molecular formula is C16H22N2O. The van der Waals surface area contributed by atoms with Gasteiger partial charge in [-0.1, -0.05) is 12.5 Å². The van der Waals surface area contributed by atoms with Crippen LogP contribution in [0, 0.1) is 30.6 Å². The molecule has 3 nitrogen and oxygen atoms in total. The Bertz CT molecular complexity index is 512. The molecule has 1 atom stereocenters. The summed E-state index contributed by atoms with van der Waals surface area (Å²) in [4.78, 5) is 0. The standard InChI is InChI=1S/C16H22N2O/c1-11-8-13(14(19-4)9-12(11)2)15(18-3)16(10-17)6-5-7-16/h8-9,15,18H,5-7H2,1-4H3. The number of methoxy groups -OCH3 is 1. The highest BCUT2D eigenvalue weighted by atomic mass is 16.5. The quantitative estimate of drug-likeness (QED) is 0.901. The summed E-state index contributed by atoms with van der Waals surface area (Å²) >= 11 is 0. The highest BCUT2D eigenvalue weighted by Gasteiger charge is 2.45. The van der Waals surface area contributed by atoms with Crippen LogP contribution in [0.2, 0.25) is 0 Å². The lowest BCUT2D eigenvalue weighted by molar-refractivity contribution is 0.147. The predicted octanol–water partition coefficient (Wildman–Crippen LogP) is 3.27. The van der Waals surface area contributed by atoms with Crippen LogP contribution in [0.5, 0.6) is 5.75 Å². The molecule has 0 aromatic heterocycles. The molecule has 1 aromatic carbocycles. The van der Waals surface area contributed by atoms with Gasteiger partial charge in [-0.15, -0.1) is 0 Å². The van der Waals surface area contributed by atoms with Crippen molar-refractivity contribution in [3.63, 3.8) is 0 Å². The minimum atomic E-state index is -0.274. The maximum absolute atomic E-state index is 9.56. The van der Waals surface area contributed by atoms with Crippen LogP contribution in [-0.2, 0) is 0 Å². The Hall–Kier alpha value is -1.53. The first-order chi connectivity index (χ1) is 9.07. The van der Waals surface area contributed by atoms with E-state index in [1.54, 1.807) is 7.11 Å². The molecule has 1 aliphatic rings. The average molecular weight is 258 g/mol. The van der Waals surface area contributed by atoms with Crippen molar-refractivity contribution in [3.8, 4) is 11.8 Å². The van der Waals surface area contributed by atoms with Gasteiger partial charge in [0.1, 0.15) is 5.75 Å². The third-order valence-electron chi connectivity index (χ3n) is 4.47. The van der Waals surface area contributed by atoms with Gasteiger partial charge >= 0.3 is 0 Å². The molecule has 0 radical (unpaired) electrons. The Morgan fingerprint density at radius 3 is 2.37 bits per heavy atom. The van der Waals surface area contributed by atoms with Gasteiger partial charge in [-0.2, -0.15) is 5.26 Å². The largest absolute Gasteiger partial charge is 0.496 e. The second-order valence-electron chi connectivity index (χ2n) is 5.52. The number of aryl methyl sites for hydroxylation is 2. The molecule has 102 valence electrons. The van der Waals surface area contributed by atoms with Crippen molar-refractivity contribution < 1.29 is 4.74 Å². The number of rotatable bonds is 4. The third-order valence-corrected chi connectivity index (χ3v) is 4.47. The Balaban J connectivity index is 2.49. The second-order valence-corrected chi connectivity index (χ2v) is 5.52. The zero-order valence-electron chi connectivity index (χ0n) is 12.2. The Morgan fingerprint density at radius 1 is 1.32 bits per heavy atom. The Morgan fingerprint density at radius 2 is 1.95 bits per heavy atom. The fraction of sp³-hybridized carbons (Fsp3) is 0.562. The van der Waals surface area contributed by atoms with E-state index in [2.05, 4.69) is 37.4 Å². The summed E-state index contributed by atoms with van der Waals surface area (Å²) < 4.78 is 5.52. The SMILES string of the molecule is CNC(c1cc(C)c(C)cc1OC)C1(C#N)CCC1. The van der Waals surface area contributed by atoms with E-state index in [-0.39, 0.29) is 11.5 Å². The van der Waals surface area contributed by atoms with E-state index in [0.29, 0.717) is 0 Å². The number of nitrogens with zero attached hydrogens (tertiary/aromatic N) is 1. The van der Waals surface area contributed by atoms with E-state index in [1.165, 1.54) is 11.1 Å². The summed E-state index contributed by atoms with van der Waals surface area (Å²) in [5, 5.41) is 12.9. The first-order valence-electron chi connectivity index (χ1n) is 6.81. The topological polar surface area (TPSA) is 45.0 Å². The Kier molecular flexibility index (Phi) is 3.82. The summed E-state index contributed by atoms with van der Waals surface area (Å²) in [7, 11) is 3.62. The number of hydrogen-bond donors (Lipinski definition) is 1. The summed E-state index contributed by atoms with van der Waals surface area (Å²) in [6.45, 7) is 4.18. The van der Waals surface area contributed by atoms with Crippen molar-refractivity contribution >= 4 is 0 Å². The zero-order chi connectivity index (χ0) is 14.0. The summed E-state index contributed by atoms with van der Waals surface area (Å²) in [5.74, 6) is 0.879. The van der Waals surface area contributed by atoms with Crippen molar-refractivity contribution in [1.82, 2.24) is 5.32 Å². The second kappa shape index (κ2) is 5.22. The van der Waals surface area contributed by atoms with E-state index >= 15 is 0 Å². The fourth-order valence-corrected chi connectivity index (χ4v) is 2.97. The molecule has 1 fully saturated rings. The Labute approximate surface area is 115 Å². The molecule has 0 spiro atoms. The van der Waals surface area contributed by atoms with Gasteiger partial charge in [0.15, 0.2) is 0 Å². The molecule has 1 N–H and O–H groups in total. The third kappa shape index (κ3) is 2.21. The van der Waals surface area contributed by atoms with Gasteiger partial charge in [-0.25, -0.2) is 0 Å². The smallest absolute Gasteiger partial charge is 0.123 e. The molecule has 2 rings (SSSR count). The first-order valence-corrected chi connectivity index (χ1v) is 6.81.